The van der Waals surface area contributed by atoms with Crippen molar-refractivity contribution in [3.05, 3.63) is 60.2 Å². The van der Waals surface area contributed by atoms with Gasteiger partial charge in [0.05, 0.1) is 11.9 Å². The molecule has 7 heteroatoms. The Hall–Kier alpha value is -2.54. The van der Waals surface area contributed by atoms with Crippen LogP contribution in [0.5, 0.6) is 0 Å². The Balaban J connectivity index is 1.55. The summed E-state index contributed by atoms with van der Waals surface area (Å²) in [5.74, 6) is -0.293. The minimum Gasteiger partial charge on any atom is -0.371 e. The lowest BCUT2D eigenvalue weighted by molar-refractivity contribution is -0.121. The maximum absolute atomic E-state index is 12.6. The first-order chi connectivity index (χ1) is 13.9. The molecule has 0 fully saturated rings. The Morgan fingerprint density at radius 1 is 1.14 bits per heavy atom. The molecular formula is C22H29N3O3S. The highest BCUT2D eigenvalue weighted by molar-refractivity contribution is 7.92. The van der Waals surface area contributed by atoms with Gasteiger partial charge in [-0.05, 0) is 49.9 Å². The Morgan fingerprint density at radius 3 is 2.55 bits per heavy atom. The zero-order valence-corrected chi connectivity index (χ0v) is 17.9. The van der Waals surface area contributed by atoms with Crippen molar-refractivity contribution in [2.45, 2.75) is 32.2 Å². The molecular weight excluding hydrogens is 386 g/mol. The Kier molecular flexibility index (Phi) is 6.79. The van der Waals surface area contributed by atoms with Gasteiger partial charge in [-0.2, -0.15) is 0 Å². The van der Waals surface area contributed by atoms with Crippen molar-refractivity contribution >= 4 is 27.3 Å². The van der Waals surface area contributed by atoms with Crippen LogP contribution in [0.15, 0.2) is 54.6 Å². The molecule has 2 aromatic rings. The van der Waals surface area contributed by atoms with Crippen molar-refractivity contribution in [1.82, 2.24) is 5.32 Å². The van der Waals surface area contributed by atoms with Crippen LogP contribution in [0, 0.1) is 0 Å². The zero-order chi connectivity index (χ0) is 20.9. The van der Waals surface area contributed by atoms with Crippen LogP contribution in [0.4, 0.5) is 11.4 Å². The quantitative estimate of drug-likeness (QED) is 0.673. The third kappa shape index (κ3) is 5.29. The summed E-state index contributed by atoms with van der Waals surface area (Å²) in [6.45, 7) is 4.01. The standard InChI is InChI=1S/C22H29N3O3S/c1-18(25(29(2,27)28)20-12-4-3-5-13-20)22(26)23-15-9-17-24-16-8-11-19-10-6-7-14-21(19)24/h3-7,10,12-14,18H,8-9,11,15-17H2,1-2H3,(H,23,26)/t18-/m0/s1. The second-order valence-electron chi connectivity index (χ2n) is 7.43. The van der Waals surface area contributed by atoms with Gasteiger partial charge in [-0.25, -0.2) is 8.42 Å². The summed E-state index contributed by atoms with van der Waals surface area (Å²) in [4.78, 5) is 15.0. The predicted octanol–water partition coefficient (Wildman–Crippen LogP) is 2.80. The number of para-hydroxylation sites is 2. The maximum atomic E-state index is 12.6. The maximum Gasteiger partial charge on any atom is 0.243 e. The highest BCUT2D eigenvalue weighted by Crippen LogP contribution is 2.26. The third-order valence-electron chi connectivity index (χ3n) is 5.21. The van der Waals surface area contributed by atoms with Crippen molar-refractivity contribution in [2.24, 2.45) is 0 Å². The predicted molar refractivity (Wildman–Crippen MR) is 118 cm³/mol. The van der Waals surface area contributed by atoms with Gasteiger partial charge in [0.25, 0.3) is 0 Å². The van der Waals surface area contributed by atoms with Crippen LogP contribution in [0.3, 0.4) is 0 Å². The summed E-state index contributed by atoms with van der Waals surface area (Å²) in [5.41, 5.74) is 3.15. The fraction of sp³-hybridized carbons (Fsp3) is 0.409. The van der Waals surface area contributed by atoms with Crippen LogP contribution in [0.2, 0.25) is 0 Å². The van der Waals surface area contributed by atoms with E-state index in [9.17, 15) is 13.2 Å². The smallest absolute Gasteiger partial charge is 0.243 e. The summed E-state index contributed by atoms with van der Waals surface area (Å²) >= 11 is 0. The van der Waals surface area contributed by atoms with E-state index in [0.29, 0.717) is 12.2 Å². The number of anilines is 2. The number of fused-ring (bicyclic) bond motifs is 1. The molecule has 6 nitrogen and oxygen atoms in total. The SMILES string of the molecule is C[C@@H](C(=O)NCCCN1CCCc2ccccc21)N(c1ccccc1)S(C)(=O)=O. The van der Waals surface area contributed by atoms with Crippen molar-refractivity contribution in [1.29, 1.82) is 0 Å². The first kappa shape index (κ1) is 21.2. The summed E-state index contributed by atoms with van der Waals surface area (Å²) in [5, 5.41) is 2.90. The van der Waals surface area contributed by atoms with E-state index < -0.39 is 16.1 Å². The average Bonchev–Trinajstić information content (AvgIpc) is 2.71. The number of amides is 1. The lowest BCUT2D eigenvalue weighted by Crippen LogP contribution is -2.48. The van der Waals surface area contributed by atoms with Crippen LogP contribution < -0.4 is 14.5 Å². The van der Waals surface area contributed by atoms with Crippen molar-refractivity contribution in [2.75, 3.05) is 35.1 Å². The molecule has 0 saturated heterocycles. The Bertz CT molecular complexity index is 931. The third-order valence-corrected chi connectivity index (χ3v) is 6.45. The molecule has 1 amide bonds. The highest BCUT2D eigenvalue weighted by Gasteiger charge is 2.28. The van der Waals surface area contributed by atoms with Crippen LogP contribution in [0.1, 0.15) is 25.3 Å². The molecule has 0 unspecified atom stereocenters. The number of carbonyl (C=O) groups is 1. The Labute approximate surface area is 173 Å². The number of hydrogen-bond donors (Lipinski definition) is 1. The molecule has 0 spiro atoms. The fourth-order valence-electron chi connectivity index (χ4n) is 3.86. The van der Waals surface area contributed by atoms with Gasteiger partial charge >= 0.3 is 0 Å². The Morgan fingerprint density at radius 2 is 1.83 bits per heavy atom. The number of benzene rings is 2. The van der Waals surface area contributed by atoms with E-state index in [1.807, 2.05) is 6.07 Å². The van der Waals surface area contributed by atoms with E-state index in [2.05, 4.69) is 34.5 Å². The van der Waals surface area contributed by atoms with Gasteiger partial charge in [-0.3, -0.25) is 9.10 Å². The van der Waals surface area contributed by atoms with E-state index in [1.165, 1.54) is 15.6 Å². The first-order valence-electron chi connectivity index (χ1n) is 10.0. The molecule has 1 heterocycles. The second kappa shape index (κ2) is 9.31. The first-order valence-corrected chi connectivity index (χ1v) is 11.9. The molecule has 0 radical (unpaired) electrons. The average molecular weight is 416 g/mol. The molecule has 3 rings (SSSR count). The molecule has 2 aromatic carbocycles. The van der Waals surface area contributed by atoms with E-state index in [0.717, 1.165) is 38.6 Å². The molecule has 0 aliphatic carbocycles. The number of hydrogen-bond acceptors (Lipinski definition) is 4. The molecule has 156 valence electrons. The van der Waals surface area contributed by atoms with Crippen LogP contribution >= 0.6 is 0 Å². The zero-order valence-electron chi connectivity index (χ0n) is 17.0. The van der Waals surface area contributed by atoms with Gasteiger partial charge in [0.2, 0.25) is 15.9 Å². The van der Waals surface area contributed by atoms with E-state index in [1.54, 1.807) is 31.2 Å². The van der Waals surface area contributed by atoms with Gasteiger partial charge in [-0.15, -0.1) is 0 Å². The van der Waals surface area contributed by atoms with Crippen molar-refractivity contribution < 1.29 is 13.2 Å². The topological polar surface area (TPSA) is 69.7 Å². The molecule has 1 atom stereocenters. The van der Waals surface area contributed by atoms with Crippen LogP contribution in [0.25, 0.3) is 0 Å². The monoisotopic (exact) mass is 415 g/mol. The normalized spacial score (nSPS) is 14.8. The van der Waals surface area contributed by atoms with Gasteiger partial charge in [0.15, 0.2) is 0 Å². The molecule has 0 saturated carbocycles. The van der Waals surface area contributed by atoms with E-state index >= 15 is 0 Å². The summed E-state index contributed by atoms with van der Waals surface area (Å²) in [6.07, 6.45) is 4.18. The van der Waals surface area contributed by atoms with Gasteiger partial charge in [0, 0.05) is 25.3 Å². The number of rotatable bonds is 8. The second-order valence-corrected chi connectivity index (χ2v) is 9.29. The molecule has 0 aromatic heterocycles. The minimum absolute atomic E-state index is 0.293. The largest absolute Gasteiger partial charge is 0.371 e. The number of nitrogens with zero attached hydrogens (tertiary/aromatic N) is 2. The number of aryl methyl sites for hydroxylation is 1. The van der Waals surface area contributed by atoms with Crippen molar-refractivity contribution in [3.63, 3.8) is 0 Å². The summed E-state index contributed by atoms with van der Waals surface area (Å²) in [6, 6.07) is 16.4. The number of nitrogens with one attached hydrogen (secondary N) is 1. The minimum atomic E-state index is -3.58. The number of carbonyl (C=O) groups excluding carboxylic acids is 1. The van der Waals surface area contributed by atoms with Gasteiger partial charge < -0.3 is 10.2 Å². The summed E-state index contributed by atoms with van der Waals surface area (Å²) < 4.78 is 25.7. The van der Waals surface area contributed by atoms with Gasteiger partial charge in [0.1, 0.15) is 6.04 Å². The van der Waals surface area contributed by atoms with E-state index in [4.69, 9.17) is 0 Å². The summed E-state index contributed by atoms with van der Waals surface area (Å²) in [7, 11) is -3.58. The lowest BCUT2D eigenvalue weighted by Gasteiger charge is -2.31. The van der Waals surface area contributed by atoms with Crippen LogP contribution in [-0.2, 0) is 21.2 Å². The molecule has 0 bridgehead atoms. The lowest BCUT2D eigenvalue weighted by atomic mass is 10.0. The molecule has 29 heavy (non-hydrogen) atoms. The molecule has 1 N–H and O–H groups in total. The molecule has 1 aliphatic heterocycles. The van der Waals surface area contributed by atoms with Crippen molar-refractivity contribution in [3.8, 4) is 0 Å². The van der Waals surface area contributed by atoms with Crippen LogP contribution in [-0.4, -0.2) is 46.3 Å². The van der Waals surface area contributed by atoms with E-state index in [-0.39, 0.29) is 5.91 Å². The van der Waals surface area contributed by atoms with Gasteiger partial charge in [-0.1, -0.05) is 36.4 Å². The molecule has 1 aliphatic rings. The number of sulfonamides is 1. The fourth-order valence-corrected chi connectivity index (χ4v) is 5.03. The highest BCUT2D eigenvalue weighted by atomic mass is 32.2.